The van der Waals surface area contributed by atoms with Gasteiger partial charge in [0, 0.05) is 0 Å². The maximum Gasteiger partial charge on any atom is 0.342 e. The third-order valence-corrected chi connectivity index (χ3v) is 1.99. The minimum atomic E-state index is -0.607. The second-order valence-corrected chi connectivity index (χ2v) is 2.99. The summed E-state index contributed by atoms with van der Waals surface area (Å²) in [6.07, 6.45) is 0. The minimum absolute atomic E-state index is 0.0656. The Balaban J connectivity index is 3.28. The molecular formula is C11H11NO3. The Hall–Kier alpha value is -2.02. The van der Waals surface area contributed by atoms with Crippen molar-refractivity contribution in [3.05, 3.63) is 28.8 Å². The lowest BCUT2D eigenvalue weighted by molar-refractivity contribution is 0.0522. The molecule has 0 heterocycles. The molecule has 0 atom stereocenters. The highest BCUT2D eigenvalue weighted by molar-refractivity contribution is 5.94. The molecule has 1 aromatic rings. The molecular weight excluding hydrogens is 194 g/mol. The van der Waals surface area contributed by atoms with Crippen LogP contribution >= 0.6 is 0 Å². The van der Waals surface area contributed by atoms with Crippen LogP contribution in [-0.2, 0) is 4.74 Å². The van der Waals surface area contributed by atoms with E-state index in [0.29, 0.717) is 5.56 Å². The first kappa shape index (κ1) is 11.1. The van der Waals surface area contributed by atoms with E-state index in [1.165, 1.54) is 6.07 Å². The Kier molecular flexibility index (Phi) is 3.29. The molecule has 0 fully saturated rings. The molecule has 0 amide bonds. The molecule has 0 saturated heterocycles. The summed E-state index contributed by atoms with van der Waals surface area (Å²) >= 11 is 0. The number of esters is 1. The molecule has 0 bridgehead atoms. The maximum absolute atomic E-state index is 11.5. The van der Waals surface area contributed by atoms with Crippen molar-refractivity contribution in [2.45, 2.75) is 13.8 Å². The van der Waals surface area contributed by atoms with E-state index in [9.17, 15) is 9.90 Å². The molecule has 0 unspecified atom stereocenters. The number of nitriles is 1. The number of rotatable bonds is 2. The summed E-state index contributed by atoms with van der Waals surface area (Å²) in [4.78, 5) is 11.5. The van der Waals surface area contributed by atoms with Crippen molar-refractivity contribution in [3.63, 3.8) is 0 Å². The van der Waals surface area contributed by atoms with Crippen molar-refractivity contribution >= 4 is 5.97 Å². The number of ether oxygens (including phenoxy) is 1. The molecule has 0 aliphatic heterocycles. The summed E-state index contributed by atoms with van der Waals surface area (Å²) in [7, 11) is 0. The number of carbonyl (C=O) groups is 1. The molecule has 4 heteroatoms. The standard InChI is InChI=1S/C11H11NO3/c1-3-15-11(14)9-7(2)4-5-8(6-12)10(9)13/h4-5,13H,3H2,1-2H3. The normalized spacial score (nSPS) is 9.40. The maximum atomic E-state index is 11.5. The minimum Gasteiger partial charge on any atom is -0.506 e. The lowest BCUT2D eigenvalue weighted by atomic mass is 10.0. The third-order valence-electron chi connectivity index (χ3n) is 1.99. The summed E-state index contributed by atoms with van der Waals surface area (Å²) in [5.41, 5.74) is 0.726. The highest BCUT2D eigenvalue weighted by Gasteiger charge is 2.18. The second kappa shape index (κ2) is 4.47. The Bertz CT molecular complexity index is 432. The molecule has 0 aliphatic rings. The van der Waals surface area contributed by atoms with Crippen molar-refractivity contribution in [2.75, 3.05) is 6.61 Å². The molecule has 4 nitrogen and oxygen atoms in total. The van der Waals surface area contributed by atoms with E-state index in [1.54, 1.807) is 26.0 Å². The van der Waals surface area contributed by atoms with Gasteiger partial charge in [0.15, 0.2) is 0 Å². The molecule has 0 saturated carbocycles. The van der Waals surface area contributed by atoms with E-state index in [4.69, 9.17) is 10.00 Å². The van der Waals surface area contributed by atoms with Crippen molar-refractivity contribution in [1.29, 1.82) is 5.26 Å². The smallest absolute Gasteiger partial charge is 0.342 e. The van der Waals surface area contributed by atoms with Gasteiger partial charge in [-0.15, -0.1) is 0 Å². The topological polar surface area (TPSA) is 70.3 Å². The number of benzene rings is 1. The van der Waals surface area contributed by atoms with Crippen molar-refractivity contribution in [3.8, 4) is 11.8 Å². The zero-order chi connectivity index (χ0) is 11.4. The fourth-order valence-electron chi connectivity index (χ4n) is 1.24. The van der Waals surface area contributed by atoms with Crippen molar-refractivity contribution in [1.82, 2.24) is 0 Å². The molecule has 0 aliphatic carbocycles. The Morgan fingerprint density at radius 3 is 2.80 bits per heavy atom. The first-order valence-electron chi connectivity index (χ1n) is 4.51. The fraction of sp³-hybridized carbons (Fsp3) is 0.273. The number of aromatic hydroxyl groups is 1. The molecule has 0 radical (unpaired) electrons. The van der Waals surface area contributed by atoms with Crippen molar-refractivity contribution in [2.24, 2.45) is 0 Å². The Labute approximate surface area is 87.7 Å². The second-order valence-electron chi connectivity index (χ2n) is 2.99. The predicted molar refractivity (Wildman–Crippen MR) is 53.5 cm³/mol. The number of hydrogen-bond acceptors (Lipinski definition) is 4. The van der Waals surface area contributed by atoms with Crippen LogP contribution in [0.5, 0.6) is 5.75 Å². The van der Waals surface area contributed by atoms with Gasteiger partial charge in [-0.25, -0.2) is 4.79 Å². The zero-order valence-electron chi connectivity index (χ0n) is 8.57. The van der Waals surface area contributed by atoms with Gasteiger partial charge in [0.2, 0.25) is 0 Å². The number of phenols is 1. The summed E-state index contributed by atoms with van der Waals surface area (Å²) in [6.45, 7) is 3.58. The van der Waals surface area contributed by atoms with Gasteiger partial charge in [0.05, 0.1) is 12.2 Å². The molecule has 0 aromatic heterocycles. The predicted octanol–water partition coefficient (Wildman–Crippen LogP) is 1.75. The van der Waals surface area contributed by atoms with E-state index in [1.807, 2.05) is 0 Å². The highest BCUT2D eigenvalue weighted by Crippen LogP contribution is 2.25. The molecule has 1 aromatic carbocycles. The molecule has 15 heavy (non-hydrogen) atoms. The highest BCUT2D eigenvalue weighted by atomic mass is 16.5. The largest absolute Gasteiger partial charge is 0.506 e. The summed E-state index contributed by atoms with van der Waals surface area (Å²) < 4.78 is 4.78. The number of phenolic OH excluding ortho intramolecular Hbond substituents is 1. The Morgan fingerprint density at radius 1 is 1.60 bits per heavy atom. The Morgan fingerprint density at radius 2 is 2.27 bits per heavy atom. The van der Waals surface area contributed by atoms with Gasteiger partial charge in [-0.2, -0.15) is 5.26 Å². The molecule has 0 spiro atoms. The monoisotopic (exact) mass is 205 g/mol. The number of carbonyl (C=O) groups excluding carboxylic acids is 1. The fourth-order valence-corrected chi connectivity index (χ4v) is 1.24. The van der Waals surface area contributed by atoms with Crippen LogP contribution < -0.4 is 0 Å². The summed E-state index contributed by atoms with van der Waals surface area (Å²) in [5, 5.41) is 18.3. The van der Waals surface area contributed by atoms with Gasteiger partial charge in [-0.3, -0.25) is 0 Å². The first-order chi connectivity index (χ1) is 7.11. The van der Waals surface area contributed by atoms with E-state index < -0.39 is 5.97 Å². The zero-order valence-corrected chi connectivity index (χ0v) is 8.57. The van der Waals surface area contributed by atoms with Gasteiger partial charge in [0.1, 0.15) is 17.4 Å². The lowest BCUT2D eigenvalue weighted by Gasteiger charge is -2.08. The van der Waals surface area contributed by atoms with E-state index in [2.05, 4.69) is 0 Å². The van der Waals surface area contributed by atoms with Crippen molar-refractivity contribution < 1.29 is 14.6 Å². The first-order valence-corrected chi connectivity index (χ1v) is 4.51. The van der Waals surface area contributed by atoms with Gasteiger partial charge in [-0.05, 0) is 25.5 Å². The van der Waals surface area contributed by atoms with Crippen LogP contribution in [0.1, 0.15) is 28.4 Å². The van der Waals surface area contributed by atoms with Crippen LogP contribution in [0.2, 0.25) is 0 Å². The van der Waals surface area contributed by atoms with Crippen LogP contribution in [0, 0.1) is 18.3 Å². The third kappa shape index (κ3) is 2.08. The van der Waals surface area contributed by atoms with Gasteiger partial charge in [0.25, 0.3) is 0 Å². The SMILES string of the molecule is CCOC(=O)c1c(C)ccc(C#N)c1O. The van der Waals surface area contributed by atoms with Crippen LogP contribution in [-0.4, -0.2) is 17.7 Å². The quantitative estimate of drug-likeness (QED) is 0.746. The van der Waals surface area contributed by atoms with Crippen LogP contribution in [0.25, 0.3) is 0 Å². The number of nitrogens with zero attached hydrogens (tertiary/aromatic N) is 1. The lowest BCUT2D eigenvalue weighted by Crippen LogP contribution is -2.07. The summed E-state index contributed by atoms with van der Waals surface area (Å²) in [5.74, 6) is -0.916. The van der Waals surface area contributed by atoms with E-state index >= 15 is 0 Å². The molecule has 78 valence electrons. The van der Waals surface area contributed by atoms with Gasteiger partial charge >= 0.3 is 5.97 Å². The molecule has 1 rings (SSSR count). The number of aryl methyl sites for hydroxylation is 1. The van der Waals surface area contributed by atoms with Crippen LogP contribution in [0.4, 0.5) is 0 Å². The summed E-state index contributed by atoms with van der Waals surface area (Å²) in [6, 6.07) is 4.87. The molecule has 1 N–H and O–H groups in total. The number of hydrogen-bond donors (Lipinski definition) is 1. The van der Waals surface area contributed by atoms with Gasteiger partial charge in [-0.1, -0.05) is 6.07 Å². The van der Waals surface area contributed by atoms with Gasteiger partial charge < -0.3 is 9.84 Å². The van der Waals surface area contributed by atoms with Crippen LogP contribution in [0.15, 0.2) is 12.1 Å². The van der Waals surface area contributed by atoms with E-state index in [-0.39, 0.29) is 23.5 Å². The average molecular weight is 205 g/mol. The average Bonchev–Trinajstić information content (AvgIpc) is 2.18. The van der Waals surface area contributed by atoms with Crippen LogP contribution in [0.3, 0.4) is 0 Å². The van der Waals surface area contributed by atoms with E-state index in [0.717, 1.165) is 0 Å².